The maximum absolute atomic E-state index is 10.5. The van der Waals surface area contributed by atoms with Crippen LogP contribution in [0, 0.1) is 0 Å². The van der Waals surface area contributed by atoms with Crippen LogP contribution in [0.4, 0.5) is 0 Å². The van der Waals surface area contributed by atoms with Gasteiger partial charge in [0.15, 0.2) is 0 Å². The van der Waals surface area contributed by atoms with Gasteiger partial charge >= 0.3 is 5.97 Å². The number of carbonyl (C=O) groups is 1. The topological polar surface area (TPSA) is 72.5 Å². The molecule has 0 radical (unpaired) electrons. The average molecular weight is 244 g/mol. The molecule has 0 aliphatic heterocycles. The van der Waals surface area contributed by atoms with Crippen molar-refractivity contribution in [3.63, 3.8) is 0 Å². The summed E-state index contributed by atoms with van der Waals surface area (Å²) in [6.07, 6.45) is 0.373. The molecule has 1 aromatic carbocycles. The minimum atomic E-state index is -0.905. The van der Waals surface area contributed by atoms with E-state index in [2.05, 4.69) is 0 Å². The number of nitrogens with two attached hydrogens (primary N) is 1. The second kappa shape index (κ2) is 5.72. The number of carboxylic acid groups (broad SMARTS) is 1. The van der Waals surface area contributed by atoms with E-state index in [1.165, 1.54) is 0 Å². The quantitative estimate of drug-likeness (QED) is 0.826. The van der Waals surface area contributed by atoms with Crippen molar-refractivity contribution in [2.45, 2.75) is 18.9 Å². The number of carboxylic acids is 1. The molecular formula is C11H14ClNO3. The number of halogens is 1. The highest BCUT2D eigenvalue weighted by Gasteiger charge is 2.11. The van der Waals surface area contributed by atoms with Crippen LogP contribution in [0.15, 0.2) is 18.2 Å². The zero-order valence-electron chi connectivity index (χ0n) is 8.94. The van der Waals surface area contributed by atoms with Crippen LogP contribution in [0.25, 0.3) is 0 Å². The van der Waals surface area contributed by atoms with Crippen molar-refractivity contribution in [1.82, 2.24) is 0 Å². The highest BCUT2D eigenvalue weighted by atomic mass is 35.5. The standard InChI is InChI=1S/C11H14ClNO3/c1-16-9-3-2-7(10(12)6-9)4-8(13)5-11(14)15/h2-3,6,8H,4-5,13H2,1H3,(H,14,15). The van der Waals surface area contributed by atoms with Gasteiger partial charge in [0.05, 0.1) is 13.5 Å². The van der Waals surface area contributed by atoms with Gasteiger partial charge in [-0.1, -0.05) is 17.7 Å². The summed E-state index contributed by atoms with van der Waals surface area (Å²) in [5.74, 6) is -0.238. The maximum Gasteiger partial charge on any atom is 0.304 e. The highest BCUT2D eigenvalue weighted by molar-refractivity contribution is 6.31. The summed E-state index contributed by atoms with van der Waals surface area (Å²) in [4.78, 5) is 10.5. The Bertz CT molecular complexity index is 381. The molecule has 0 amide bonds. The van der Waals surface area contributed by atoms with Crippen molar-refractivity contribution >= 4 is 17.6 Å². The molecule has 0 aliphatic carbocycles. The van der Waals surface area contributed by atoms with Gasteiger partial charge in [-0.05, 0) is 24.1 Å². The lowest BCUT2D eigenvalue weighted by molar-refractivity contribution is -0.137. The molecule has 1 atom stereocenters. The molecule has 3 N–H and O–H groups in total. The first kappa shape index (κ1) is 12.8. The molecule has 0 aliphatic rings. The molecule has 1 aromatic rings. The Hall–Kier alpha value is -1.26. The first-order chi connectivity index (χ1) is 7.52. The van der Waals surface area contributed by atoms with E-state index < -0.39 is 12.0 Å². The molecule has 88 valence electrons. The minimum Gasteiger partial charge on any atom is -0.497 e. The molecule has 0 spiro atoms. The predicted molar refractivity (Wildman–Crippen MR) is 61.9 cm³/mol. The van der Waals surface area contributed by atoms with Crippen LogP contribution in [0.1, 0.15) is 12.0 Å². The molecule has 0 heterocycles. The van der Waals surface area contributed by atoms with Gasteiger partial charge < -0.3 is 15.6 Å². The second-order valence-electron chi connectivity index (χ2n) is 3.52. The van der Waals surface area contributed by atoms with Crippen molar-refractivity contribution in [2.75, 3.05) is 7.11 Å². The van der Waals surface area contributed by atoms with E-state index >= 15 is 0 Å². The van der Waals surface area contributed by atoms with Crippen LogP contribution >= 0.6 is 11.6 Å². The van der Waals surface area contributed by atoms with E-state index in [0.29, 0.717) is 17.2 Å². The summed E-state index contributed by atoms with van der Waals surface area (Å²) in [5.41, 5.74) is 6.51. The third-order valence-corrected chi connectivity index (χ3v) is 2.53. The molecule has 0 fully saturated rings. The third-order valence-electron chi connectivity index (χ3n) is 2.18. The lowest BCUT2D eigenvalue weighted by Crippen LogP contribution is -2.26. The van der Waals surface area contributed by atoms with Crippen molar-refractivity contribution in [3.05, 3.63) is 28.8 Å². The van der Waals surface area contributed by atoms with Crippen LogP contribution in [-0.2, 0) is 11.2 Å². The normalized spacial score (nSPS) is 12.2. The van der Waals surface area contributed by atoms with Crippen LogP contribution in [0.3, 0.4) is 0 Å². The number of ether oxygens (including phenoxy) is 1. The molecule has 1 rings (SSSR count). The van der Waals surface area contributed by atoms with Crippen LogP contribution in [-0.4, -0.2) is 24.2 Å². The fourth-order valence-electron chi connectivity index (χ4n) is 1.40. The molecular weight excluding hydrogens is 230 g/mol. The zero-order chi connectivity index (χ0) is 12.1. The fourth-order valence-corrected chi connectivity index (χ4v) is 1.65. The third kappa shape index (κ3) is 3.72. The monoisotopic (exact) mass is 243 g/mol. The van der Waals surface area contributed by atoms with Crippen LogP contribution in [0.5, 0.6) is 5.75 Å². The summed E-state index contributed by atoms with van der Waals surface area (Å²) in [5, 5.41) is 9.12. The summed E-state index contributed by atoms with van der Waals surface area (Å²) in [6.45, 7) is 0. The fraction of sp³-hybridized carbons (Fsp3) is 0.364. The second-order valence-corrected chi connectivity index (χ2v) is 3.93. The Balaban J connectivity index is 2.70. The Morgan fingerprint density at radius 3 is 2.81 bits per heavy atom. The number of hydrogen-bond acceptors (Lipinski definition) is 3. The zero-order valence-corrected chi connectivity index (χ0v) is 9.70. The van der Waals surface area contributed by atoms with Crippen molar-refractivity contribution < 1.29 is 14.6 Å². The smallest absolute Gasteiger partial charge is 0.304 e. The Labute approximate surface area is 99.0 Å². The number of methoxy groups -OCH3 is 1. The van der Waals surface area contributed by atoms with E-state index in [0.717, 1.165) is 5.56 Å². The van der Waals surface area contributed by atoms with Gasteiger partial charge in [0, 0.05) is 11.1 Å². The van der Waals surface area contributed by atoms with E-state index in [-0.39, 0.29) is 6.42 Å². The first-order valence-electron chi connectivity index (χ1n) is 4.82. The van der Waals surface area contributed by atoms with Crippen molar-refractivity contribution in [2.24, 2.45) is 5.73 Å². The minimum absolute atomic E-state index is 0.0671. The van der Waals surface area contributed by atoms with Gasteiger partial charge in [0.1, 0.15) is 5.75 Å². The van der Waals surface area contributed by atoms with E-state index in [1.54, 1.807) is 25.3 Å². The molecule has 0 aromatic heterocycles. The van der Waals surface area contributed by atoms with Crippen LogP contribution < -0.4 is 10.5 Å². The van der Waals surface area contributed by atoms with Gasteiger partial charge in [-0.25, -0.2) is 0 Å². The van der Waals surface area contributed by atoms with Crippen molar-refractivity contribution in [1.29, 1.82) is 0 Å². The lowest BCUT2D eigenvalue weighted by atomic mass is 10.0. The van der Waals surface area contributed by atoms with Gasteiger partial charge in [-0.3, -0.25) is 4.79 Å². The average Bonchev–Trinajstić information content (AvgIpc) is 2.19. The molecule has 4 nitrogen and oxygen atoms in total. The highest BCUT2D eigenvalue weighted by Crippen LogP contribution is 2.23. The Kier molecular flexibility index (Phi) is 4.58. The Morgan fingerprint density at radius 1 is 1.62 bits per heavy atom. The summed E-state index contributed by atoms with van der Waals surface area (Å²) in [6, 6.07) is 4.82. The van der Waals surface area contributed by atoms with Gasteiger partial charge in [0.2, 0.25) is 0 Å². The molecule has 0 saturated heterocycles. The number of benzene rings is 1. The number of hydrogen-bond donors (Lipinski definition) is 2. The molecule has 16 heavy (non-hydrogen) atoms. The molecule has 5 heteroatoms. The SMILES string of the molecule is COc1ccc(CC(N)CC(=O)O)c(Cl)c1. The van der Waals surface area contributed by atoms with Crippen LogP contribution in [0.2, 0.25) is 5.02 Å². The van der Waals surface area contributed by atoms with Gasteiger partial charge in [-0.15, -0.1) is 0 Å². The van der Waals surface area contributed by atoms with E-state index in [9.17, 15) is 4.79 Å². The van der Waals surface area contributed by atoms with E-state index in [1.807, 2.05) is 0 Å². The summed E-state index contributed by atoms with van der Waals surface area (Å²) in [7, 11) is 1.56. The van der Waals surface area contributed by atoms with Gasteiger partial charge in [0.25, 0.3) is 0 Å². The molecule has 0 saturated carbocycles. The number of rotatable bonds is 5. The number of aliphatic carboxylic acids is 1. The summed E-state index contributed by atoms with van der Waals surface area (Å²) >= 11 is 6.01. The molecule has 0 bridgehead atoms. The molecule has 1 unspecified atom stereocenters. The Morgan fingerprint density at radius 2 is 2.31 bits per heavy atom. The predicted octanol–water partition coefficient (Wildman–Crippen LogP) is 1.69. The summed E-state index contributed by atoms with van der Waals surface area (Å²) < 4.78 is 5.01. The first-order valence-corrected chi connectivity index (χ1v) is 5.20. The van der Waals surface area contributed by atoms with Gasteiger partial charge in [-0.2, -0.15) is 0 Å². The maximum atomic E-state index is 10.5. The van der Waals surface area contributed by atoms with Crippen molar-refractivity contribution in [3.8, 4) is 5.75 Å². The van der Waals surface area contributed by atoms with E-state index in [4.69, 9.17) is 27.2 Å². The largest absolute Gasteiger partial charge is 0.497 e. The lowest BCUT2D eigenvalue weighted by Gasteiger charge is -2.11.